The second kappa shape index (κ2) is 9.75. The molecule has 9 nitrogen and oxygen atoms in total. The number of carbonyl (C=O) groups is 2. The van der Waals surface area contributed by atoms with E-state index < -0.39 is 11.9 Å². The summed E-state index contributed by atoms with van der Waals surface area (Å²) in [6.45, 7) is 3.67. The van der Waals surface area contributed by atoms with Crippen LogP contribution in [0.5, 0.6) is 11.5 Å². The van der Waals surface area contributed by atoms with Gasteiger partial charge in [-0.15, -0.1) is 0 Å². The molecule has 0 aliphatic rings. The third kappa shape index (κ3) is 4.82. The van der Waals surface area contributed by atoms with Gasteiger partial charge in [-0.25, -0.2) is 14.6 Å². The van der Waals surface area contributed by atoms with Crippen LogP contribution in [0.3, 0.4) is 0 Å². The molecule has 0 unspecified atom stereocenters. The summed E-state index contributed by atoms with van der Waals surface area (Å²) in [6, 6.07) is 11.1. The largest absolute Gasteiger partial charge is 0.618 e. The number of carbonyl (C=O) groups excluding carboxylic acids is 2. The Hall–Kier alpha value is -3.88. The highest BCUT2D eigenvalue weighted by Crippen LogP contribution is 2.20. The van der Waals surface area contributed by atoms with E-state index >= 15 is 0 Å². The predicted molar refractivity (Wildman–Crippen MR) is 110 cm³/mol. The fraction of sp³-hybridized carbons (Fsp3) is 0.273. The van der Waals surface area contributed by atoms with Crippen LogP contribution >= 0.6 is 0 Å². The van der Waals surface area contributed by atoms with Crippen molar-refractivity contribution in [2.24, 2.45) is 0 Å². The minimum Gasteiger partial charge on any atom is -0.618 e. The Morgan fingerprint density at radius 3 is 2.32 bits per heavy atom. The number of fused-ring (bicyclic) bond motifs is 1. The van der Waals surface area contributed by atoms with Gasteiger partial charge in [-0.1, -0.05) is 0 Å². The molecule has 0 saturated heterocycles. The normalized spacial score (nSPS) is 10.5. The third-order valence-electron chi connectivity index (χ3n) is 4.34. The predicted octanol–water partition coefficient (Wildman–Crippen LogP) is 2.81. The maximum atomic E-state index is 12.9. The average molecular weight is 426 g/mol. The minimum atomic E-state index is -0.859. The number of hydrogen-bond acceptors (Lipinski definition) is 8. The highest BCUT2D eigenvalue weighted by Gasteiger charge is 2.28. The number of rotatable bonds is 8. The van der Waals surface area contributed by atoms with Gasteiger partial charge in [0, 0.05) is 0 Å². The second-order valence-corrected chi connectivity index (χ2v) is 6.31. The standard InChI is InChI=1S/C22H22N2O7/c1-4-29-15-8-6-14(7-9-15)21(25)31-13-18-20(22(26)30-5-2)24(27)19-12-16(28-3)10-11-17(19)23-18/h6-12H,4-5,13H2,1-3H3. The topological polar surface area (TPSA) is 111 Å². The second-order valence-electron chi connectivity index (χ2n) is 6.31. The first-order valence-electron chi connectivity index (χ1n) is 9.65. The molecule has 9 heteroatoms. The van der Waals surface area contributed by atoms with E-state index in [-0.39, 0.29) is 30.1 Å². The van der Waals surface area contributed by atoms with E-state index in [2.05, 4.69) is 4.98 Å². The van der Waals surface area contributed by atoms with Crippen molar-refractivity contribution in [2.75, 3.05) is 20.3 Å². The van der Waals surface area contributed by atoms with Crippen LogP contribution in [0.1, 0.15) is 40.4 Å². The van der Waals surface area contributed by atoms with Crippen molar-refractivity contribution in [3.63, 3.8) is 0 Å². The van der Waals surface area contributed by atoms with Crippen LogP contribution in [0, 0.1) is 5.21 Å². The van der Waals surface area contributed by atoms with Gasteiger partial charge >= 0.3 is 17.6 Å². The molecule has 3 rings (SSSR count). The van der Waals surface area contributed by atoms with Crippen LogP contribution < -0.4 is 14.2 Å². The Kier molecular flexibility index (Phi) is 6.86. The number of nitrogens with zero attached hydrogens (tertiary/aromatic N) is 2. The Morgan fingerprint density at radius 1 is 0.968 bits per heavy atom. The maximum Gasteiger partial charge on any atom is 0.407 e. The van der Waals surface area contributed by atoms with Gasteiger partial charge in [0.25, 0.3) is 0 Å². The first-order chi connectivity index (χ1) is 15.0. The fourth-order valence-electron chi connectivity index (χ4n) is 2.90. The number of hydrogen-bond donors (Lipinski definition) is 0. The third-order valence-corrected chi connectivity index (χ3v) is 4.34. The van der Waals surface area contributed by atoms with Crippen molar-refractivity contribution in [3.05, 3.63) is 64.6 Å². The summed E-state index contributed by atoms with van der Waals surface area (Å²) >= 11 is 0. The number of methoxy groups -OCH3 is 1. The fourth-order valence-corrected chi connectivity index (χ4v) is 2.90. The van der Waals surface area contributed by atoms with E-state index in [0.29, 0.717) is 33.9 Å². The van der Waals surface area contributed by atoms with Crippen LogP contribution in [-0.4, -0.2) is 37.2 Å². The number of ether oxygens (including phenoxy) is 4. The van der Waals surface area contributed by atoms with E-state index in [0.717, 1.165) is 0 Å². The Labute approximate surface area is 178 Å². The Morgan fingerprint density at radius 2 is 1.68 bits per heavy atom. The number of aromatic nitrogens is 2. The quantitative estimate of drug-likeness (QED) is 0.307. The van der Waals surface area contributed by atoms with Gasteiger partial charge in [0.1, 0.15) is 23.6 Å². The molecule has 0 aliphatic heterocycles. The molecule has 0 atom stereocenters. The van der Waals surface area contributed by atoms with E-state index in [1.807, 2.05) is 6.92 Å². The SMILES string of the molecule is CCOC(=O)c1c(COC(=O)c2ccc(OCC)cc2)nc2ccc(OC)cc2[n+]1[O-]. The summed E-state index contributed by atoms with van der Waals surface area (Å²) < 4.78 is 21.2. The average Bonchev–Trinajstić information content (AvgIpc) is 2.78. The molecule has 0 N–H and O–H groups in total. The molecule has 0 spiro atoms. The lowest BCUT2D eigenvalue weighted by Crippen LogP contribution is -2.39. The summed E-state index contributed by atoms with van der Waals surface area (Å²) in [5, 5.41) is 12.9. The summed E-state index contributed by atoms with van der Waals surface area (Å²) in [5.41, 5.74) is 0.383. The first-order valence-corrected chi connectivity index (χ1v) is 9.65. The van der Waals surface area contributed by atoms with Gasteiger partial charge in [-0.3, -0.25) is 0 Å². The van der Waals surface area contributed by atoms with Crippen LogP contribution in [-0.2, 0) is 16.1 Å². The molecule has 1 heterocycles. The van der Waals surface area contributed by atoms with Crippen LogP contribution in [0.4, 0.5) is 0 Å². The molecule has 0 saturated carbocycles. The number of esters is 2. The van der Waals surface area contributed by atoms with E-state index in [4.69, 9.17) is 18.9 Å². The van der Waals surface area contributed by atoms with Gasteiger partial charge < -0.3 is 24.2 Å². The smallest absolute Gasteiger partial charge is 0.407 e. The van der Waals surface area contributed by atoms with Gasteiger partial charge in [-0.05, 0) is 50.2 Å². The molecular weight excluding hydrogens is 404 g/mol. The zero-order valence-corrected chi connectivity index (χ0v) is 17.4. The molecule has 1 aromatic heterocycles. The van der Waals surface area contributed by atoms with Gasteiger partial charge in [0.2, 0.25) is 5.52 Å². The summed E-state index contributed by atoms with van der Waals surface area (Å²) in [6.07, 6.45) is 0. The molecule has 0 aliphatic carbocycles. The van der Waals surface area contributed by atoms with Crippen LogP contribution in [0.15, 0.2) is 42.5 Å². The van der Waals surface area contributed by atoms with Crippen LogP contribution in [0.2, 0.25) is 0 Å². The van der Waals surface area contributed by atoms with Crippen molar-refractivity contribution in [1.29, 1.82) is 0 Å². The van der Waals surface area contributed by atoms with Gasteiger partial charge in [0.05, 0.1) is 32.0 Å². The van der Waals surface area contributed by atoms with Crippen LogP contribution in [0.25, 0.3) is 11.0 Å². The Balaban J connectivity index is 1.91. The molecular formula is C22H22N2O7. The molecule has 0 radical (unpaired) electrons. The summed E-state index contributed by atoms with van der Waals surface area (Å²) in [7, 11) is 1.46. The van der Waals surface area contributed by atoms with E-state index in [1.165, 1.54) is 13.2 Å². The molecule has 0 fully saturated rings. The summed E-state index contributed by atoms with van der Waals surface area (Å²) in [4.78, 5) is 29.2. The van der Waals surface area contributed by atoms with Crippen molar-refractivity contribution >= 4 is 23.0 Å². The zero-order chi connectivity index (χ0) is 22.4. The minimum absolute atomic E-state index is 0.00889. The van der Waals surface area contributed by atoms with E-state index in [1.54, 1.807) is 43.3 Å². The summed E-state index contributed by atoms with van der Waals surface area (Å²) in [5.74, 6) is -0.431. The monoisotopic (exact) mass is 426 g/mol. The lowest BCUT2D eigenvalue weighted by Gasteiger charge is -2.12. The molecule has 3 aromatic rings. The van der Waals surface area contributed by atoms with Crippen molar-refractivity contribution < 1.29 is 33.3 Å². The first kappa shape index (κ1) is 21.8. The van der Waals surface area contributed by atoms with Crippen molar-refractivity contribution in [2.45, 2.75) is 20.5 Å². The molecule has 0 amide bonds. The lowest BCUT2D eigenvalue weighted by atomic mass is 10.2. The highest BCUT2D eigenvalue weighted by atomic mass is 16.5. The maximum absolute atomic E-state index is 12.9. The van der Waals surface area contributed by atoms with Gasteiger partial charge in [0.15, 0.2) is 5.69 Å². The van der Waals surface area contributed by atoms with Crippen molar-refractivity contribution in [1.82, 2.24) is 4.98 Å². The molecule has 162 valence electrons. The van der Waals surface area contributed by atoms with Crippen molar-refractivity contribution in [3.8, 4) is 11.5 Å². The molecule has 2 aromatic carbocycles. The number of benzene rings is 2. The zero-order valence-electron chi connectivity index (χ0n) is 17.4. The highest BCUT2D eigenvalue weighted by molar-refractivity contribution is 5.90. The molecule has 31 heavy (non-hydrogen) atoms. The Bertz CT molecular complexity index is 1100. The van der Waals surface area contributed by atoms with Gasteiger partial charge in [-0.2, -0.15) is 4.73 Å². The molecule has 0 bridgehead atoms. The lowest BCUT2D eigenvalue weighted by molar-refractivity contribution is -0.581. The van der Waals surface area contributed by atoms with E-state index in [9.17, 15) is 14.8 Å².